The van der Waals surface area contributed by atoms with Crippen molar-refractivity contribution >= 4 is 45.6 Å². The van der Waals surface area contributed by atoms with Gasteiger partial charge in [-0.25, -0.2) is 4.98 Å². The van der Waals surface area contributed by atoms with E-state index in [4.69, 9.17) is 21.1 Å². The number of benzene rings is 1. The first kappa shape index (κ1) is 19.9. The number of halogens is 1. The summed E-state index contributed by atoms with van der Waals surface area (Å²) in [5, 5.41) is 14.9. The van der Waals surface area contributed by atoms with E-state index in [-0.39, 0.29) is 31.1 Å². The van der Waals surface area contributed by atoms with Crippen molar-refractivity contribution < 1.29 is 19.1 Å². The van der Waals surface area contributed by atoms with Crippen molar-refractivity contribution in [3.63, 3.8) is 0 Å². The Kier molecular flexibility index (Phi) is 6.33. The van der Waals surface area contributed by atoms with Crippen LogP contribution >= 0.6 is 22.9 Å². The summed E-state index contributed by atoms with van der Waals surface area (Å²) in [6.45, 7) is 2.17. The van der Waals surface area contributed by atoms with E-state index in [0.717, 1.165) is 11.3 Å². The number of anilines is 2. The number of aliphatic carboxylic acids is 1. The third-order valence-corrected chi connectivity index (χ3v) is 4.97. The fourth-order valence-electron chi connectivity index (χ4n) is 2.51. The second kappa shape index (κ2) is 8.90. The molecule has 0 bridgehead atoms. The largest absolute Gasteiger partial charge is 0.481 e. The van der Waals surface area contributed by atoms with Crippen LogP contribution in [0.3, 0.4) is 0 Å². The molecular weight excluding hydrogens is 402 g/mol. The van der Waals surface area contributed by atoms with Crippen LogP contribution in [0.1, 0.15) is 28.2 Å². The van der Waals surface area contributed by atoms with Gasteiger partial charge in [-0.05, 0) is 36.8 Å². The predicted molar refractivity (Wildman–Crippen MR) is 107 cm³/mol. The fourth-order valence-corrected chi connectivity index (χ4v) is 3.38. The Morgan fingerprint density at radius 2 is 2.18 bits per heavy atom. The maximum Gasteiger partial charge on any atom is 0.305 e. The molecule has 0 saturated heterocycles. The summed E-state index contributed by atoms with van der Waals surface area (Å²) in [5.74, 6) is -0.763. The van der Waals surface area contributed by atoms with E-state index in [9.17, 15) is 9.59 Å². The first-order valence-electron chi connectivity index (χ1n) is 8.44. The van der Waals surface area contributed by atoms with Crippen LogP contribution in [0, 0.1) is 6.92 Å². The van der Waals surface area contributed by atoms with E-state index < -0.39 is 5.97 Å². The average Bonchev–Trinajstić information content (AvgIpc) is 3.33. The summed E-state index contributed by atoms with van der Waals surface area (Å²) >= 11 is 7.32. The van der Waals surface area contributed by atoms with Crippen molar-refractivity contribution in [2.24, 2.45) is 0 Å². The molecule has 146 valence electrons. The standard InChI is InChI=1S/C19H18ClN3O4S/c1-12-4-5-13(20)9-15(12)21-19-22-16(11-28-19)18(26)23(7-6-17(24)25)10-14-3-2-8-27-14/h2-5,8-9,11H,6-7,10H2,1H3,(H,21,22)(H,24,25). The Labute approximate surface area is 170 Å². The number of hydrogen-bond donors (Lipinski definition) is 2. The van der Waals surface area contributed by atoms with Gasteiger partial charge in [-0.15, -0.1) is 11.3 Å². The SMILES string of the molecule is Cc1ccc(Cl)cc1Nc1nc(C(=O)N(CCC(=O)O)Cc2ccco2)cs1. The molecule has 1 aromatic carbocycles. The molecule has 0 aliphatic carbocycles. The molecule has 7 nitrogen and oxygen atoms in total. The quantitative estimate of drug-likeness (QED) is 0.555. The summed E-state index contributed by atoms with van der Waals surface area (Å²) in [7, 11) is 0. The normalized spacial score (nSPS) is 10.6. The monoisotopic (exact) mass is 419 g/mol. The third kappa shape index (κ3) is 5.11. The number of nitrogens with one attached hydrogen (secondary N) is 1. The Morgan fingerprint density at radius 3 is 2.89 bits per heavy atom. The van der Waals surface area contributed by atoms with Gasteiger partial charge >= 0.3 is 5.97 Å². The van der Waals surface area contributed by atoms with Gasteiger partial charge in [0.2, 0.25) is 0 Å². The van der Waals surface area contributed by atoms with Gasteiger partial charge in [0.1, 0.15) is 11.5 Å². The molecular formula is C19H18ClN3O4S. The van der Waals surface area contributed by atoms with Crippen LogP contribution in [0.25, 0.3) is 0 Å². The highest BCUT2D eigenvalue weighted by molar-refractivity contribution is 7.14. The van der Waals surface area contributed by atoms with Crippen LogP contribution in [0.2, 0.25) is 5.02 Å². The summed E-state index contributed by atoms with van der Waals surface area (Å²) < 4.78 is 5.28. The highest BCUT2D eigenvalue weighted by atomic mass is 35.5. The molecule has 0 spiro atoms. The molecule has 0 saturated carbocycles. The topological polar surface area (TPSA) is 95.7 Å². The Hall–Kier alpha value is -2.84. The molecule has 3 aromatic rings. The molecule has 9 heteroatoms. The Bertz CT molecular complexity index is 971. The molecule has 28 heavy (non-hydrogen) atoms. The zero-order valence-corrected chi connectivity index (χ0v) is 16.6. The van der Waals surface area contributed by atoms with Gasteiger partial charge in [-0.2, -0.15) is 0 Å². The molecule has 1 amide bonds. The number of carbonyl (C=O) groups is 2. The van der Waals surface area contributed by atoms with Gasteiger partial charge in [-0.3, -0.25) is 9.59 Å². The summed E-state index contributed by atoms with van der Waals surface area (Å²) in [6.07, 6.45) is 1.34. The highest BCUT2D eigenvalue weighted by Gasteiger charge is 2.21. The average molecular weight is 420 g/mol. The lowest BCUT2D eigenvalue weighted by Gasteiger charge is -2.19. The molecule has 0 unspecified atom stereocenters. The van der Waals surface area contributed by atoms with E-state index in [2.05, 4.69) is 10.3 Å². The van der Waals surface area contributed by atoms with Crippen LogP contribution in [0.15, 0.2) is 46.4 Å². The van der Waals surface area contributed by atoms with Crippen molar-refractivity contribution in [2.45, 2.75) is 19.9 Å². The Balaban J connectivity index is 1.75. The predicted octanol–water partition coefficient (Wildman–Crippen LogP) is 4.56. The van der Waals surface area contributed by atoms with Crippen molar-refractivity contribution in [3.05, 3.63) is 64.0 Å². The van der Waals surface area contributed by atoms with E-state index in [1.165, 1.54) is 22.5 Å². The van der Waals surface area contributed by atoms with Crippen molar-refractivity contribution in [1.82, 2.24) is 9.88 Å². The second-order valence-electron chi connectivity index (χ2n) is 6.07. The van der Waals surface area contributed by atoms with Crippen LogP contribution in [0.5, 0.6) is 0 Å². The number of carboxylic acids is 1. The minimum absolute atomic E-state index is 0.0581. The maximum absolute atomic E-state index is 12.9. The van der Waals surface area contributed by atoms with E-state index in [0.29, 0.717) is 15.9 Å². The summed E-state index contributed by atoms with van der Waals surface area (Å²) in [4.78, 5) is 29.6. The van der Waals surface area contributed by atoms with Gasteiger partial charge < -0.3 is 19.7 Å². The van der Waals surface area contributed by atoms with Gasteiger partial charge in [0, 0.05) is 22.6 Å². The molecule has 0 atom stereocenters. The molecule has 2 N–H and O–H groups in total. The fraction of sp³-hybridized carbons (Fsp3) is 0.211. The Morgan fingerprint density at radius 1 is 1.36 bits per heavy atom. The van der Waals surface area contributed by atoms with Crippen LogP contribution in [-0.4, -0.2) is 33.4 Å². The minimum atomic E-state index is -0.977. The van der Waals surface area contributed by atoms with Gasteiger partial charge in [0.25, 0.3) is 5.91 Å². The van der Waals surface area contributed by atoms with Gasteiger partial charge in [-0.1, -0.05) is 17.7 Å². The lowest BCUT2D eigenvalue weighted by atomic mass is 10.2. The van der Waals surface area contributed by atoms with E-state index in [1.807, 2.05) is 13.0 Å². The van der Waals surface area contributed by atoms with Gasteiger partial charge in [0.05, 0.1) is 19.2 Å². The lowest BCUT2D eigenvalue weighted by molar-refractivity contribution is -0.137. The number of furan rings is 1. The zero-order valence-electron chi connectivity index (χ0n) is 15.0. The molecule has 2 heterocycles. The molecule has 0 radical (unpaired) electrons. The first-order valence-corrected chi connectivity index (χ1v) is 9.70. The molecule has 0 aliphatic heterocycles. The highest BCUT2D eigenvalue weighted by Crippen LogP contribution is 2.26. The molecule has 0 aliphatic rings. The van der Waals surface area contributed by atoms with Gasteiger partial charge in [0.15, 0.2) is 5.13 Å². The van der Waals surface area contributed by atoms with Crippen molar-refractivity contribution in [1.29, 1.82) is 0 Å². The number of carbonyl (C=O) groups excluding carboxylic acids is 1. The second-order valence-corrected chi connectivity index (χ2v) is 7.37. The number of rotatable bonds is 8. The van der Waals surface area contributed by atoms with E-state index in [1.54, 1.807) is 29.6 Å². The van der Waals surface area contributed by atoms with Crippen LogP contribution < -0.4 is 5.32 Å². The van der Waals surface area contributed by atoms with Crippen LogP contribution in [0.4, 0.5) is 10.8 Å². The van der Waals surface area contributed by atoms with Crippen LogP contribution in [-0.2, 0) is 11.3 Å². The molecule has 0 fully saturated rings. The maximum atomic E-state index is 12.9. The first-order chi connectivity index (χ1) is 13.4. The summed E-state index contributed by atoms with van der Waals surface area (Å²) in [6, 6.07) is 8.93. The third-order valence-electron chi connectivity index (χ3n) is 3.97. The number of carboxylic acid groups (broad SMARTS) is 1. The number of hydrogen-bond acceptors (Lipinski definition) is 6. The summed E-state index contributed by atoms with van der Waals surface area (Å²) in [5.41, 5.74) is 2.04. The number of aromatic nitrogens is 1. The minimum Gasteiger partial charge on any atom is -0.481 e. The molecule has 3 rings (SSSR count). The number of amides is 1. The van der Waals surface area contributed by atoms with Crippen molar-refractivity contribution in [3.8, 4) is 0 Å². The number of thiazole rings is 1. The number of nitrogens with zero attached hydrogens (tertiary/aromatic N) is 2. The molecule has 2 aromatic heterocycles. The zero-order chi connectivity index (χ0) is 20.1. The smallest absolute Gasteiger partial charge is 0.305 e. The lowest BCUT2D eigenvalue weighted by Crippen LogP contribution is -2.32. The van der Waals surface area contributed by atoms with Crippen molar-refractivity contribution in [2.75, 3.05) is 11.9 Å². The number of aryl methyl sites for hydroxylation is 1. The van der Waals surface area contributed by atoms with E-state index >= 15 is 0 Å².